The van der Waals surface area contributed by atoms with Crippen molar-refractivity contribution in [2.75, 3.05) is 12.4 Å². The van der Waals surface area contributed by atoms with Gasteiger partial charge in [-0.1, -0.05) is 67.1 Å². The zero-order valence-electron chi connectivity index (χ0n) is 17.2. The lowest BCUT2D eigenvalue weighted by molar-refractivity contribution is 0.0422. The number of amides is 2. The number of benzene rings is 2. The molecule has 2 fully saturated rings. The zero-order valence-corrected chi connectivity index (χ0v) is 18.0. The Kier molecular flexibility index (Phi) is 6.66. The monoisotopic (exact) mass is 426 g/mol. The molecule has 2 aromatic rings. The van der Waals surface area contributed by atoms with Crippen LogP contribution in [-0.4, -0.2) is 55.4 Å². The van der Waals surface area contributed by atoms with E-state index in [1.165, 1.54) is 0 Å². The highest BCUT2D eigenvalue weighted by atomic mass is 32.2. The van der Waals surface area contributed by atoms with Gasteiger partial charge in [0.15, 0.2) is 0 Å². The second-order valence-electron chi connectivity index (χ2n) is 8.21. The molecule has 0 aliphatic carbocycles. The second kappa shape index (κ2) is 9.41. The van der Waals surface area contributed by atoms with Crippen molar-refractivity contribution in [1.82, 2.24) is 9.80 Å². The normalized spacial score (nSPS) is 25.7. The SMILES string of the molecule is O=C1N(Cc2ccccc2)[C@H]2[C@H](CSC2(O)CCCCCO)N1Cc1ccccc1. The van der Waals surface area contributed by atoms with E-state index < -0.39 is 4.93 Å². The summed E-state index contributed by atoms with van der Waals surface area (Å²) in [7, 11) is 0. The molecule has 0 spiro atoms. The number of fused-ring (bicyclic) bond motifs is 1. The first-order valence-corrected chi connectivity index (χ1v) is 11.7. The molecule has 30 heavy (non-hydrogen) atoms. The molecule has 6 heteroatoms. The standard InChI is InChI=1S/C24H30N2O3S/c27-15-9-3-8-14-24(29)22-21(18-30-24)25(16-19-10-4-1-5-11-19)23(28)26(22)17-20-12-6-2-7-13-20/h1-2,4-7,10-13,21-22,27,29H,3,8-9,14-18H2/t21-,22-,24?/m0/s1. The summed E-state index contributed by atoms with van der Waals surface area (Å²) >= 11 is 1.58. The van der Waals surface area contributed by atoms with Gasteiger partial charge >= 0.3 is 6.03 Å². The number of aliphatic hydroxyl groups is 2. The molecule has 4 rings (SSSR count). The predicted molar refractivity (Wildman–Crippen MR) is 120 cm³/mol. The lowest BCUT2D eigenvalue weighted by Gasteiger charge is -2.34. The number of carbonyl (C=O) groups excluding carboxylic acids is 1. The van der Waals surface area contributed by atoms with Crippen molar-refractivity contribution in [3.8, 4) is 0 Å². The van der Waals surface area contributed by atoms with E-state index in [4.69, 9.17) is 5.11 Å². The molecule has 2 aliphatic heterocycles. The minimum Gasteiger partial charge on any atom is -0.396 e. The number of urea groups is 1. The van der Waals surface area contributed by atoms with Crippen LogP contribution in [0.25, 0.3) is 0 Å². The fourth-order valence-corrected chi connectivity index (χ4v) is 6.21. The maximum absolute atomic E-state index is 13.5. The molecule has 5 nitrogen and oxygen atoms in total. The maximum atomic E-state index is 13.5. The fourth-order valence-electron chi connectivity index (χ4n) is 4.64. The van der Waals surface area contributed by atoms with Crippen molar-refractivity contribution in [1.29, 1.82) is 0 Å². The van der Waals surface area contributed by atoms with Gasteiger partial charge in [0.05, 0.1) is 12.1 Å². The Balaban J connectivity index is 1.58. The Labute approximate surface area is 182 Å². The number of hydrogen-bond donors (Lipinski definition) is 2. The molecule has 0 saturated carbocycles. The number of hydrogen-bond acceptors (Lipinski definition) is 4. The first kappa shape index (κ1) is 21.2. The van der Waals surface area contributed by atoms with Gasteiger partial charge in [-0.3, -0.25) is 0 Å². The quantitative estimate of drug-likeness (QED) is 0.472. The Hall–Kier alpha value is -2.02. The summed E-state index contributed by atoms with van der Waals surface area (Å²) < 4.78 is 0. The molecule has 0 aromatic heterocycles. The van der Waals surface area contributed by atoms with Gasteiger partial charge in [0.2, 0.25) is 0 Å². The summed E-state index contributed by atoms with van der Waals surface area (Å²) in [5, 5.41) is 20.7. The Morgan fingerprint density at radius 1 is 0.900 bits per heavy atom. The van der Waals surface area contributed by atoms with E-state index in [0.717, 1.165) is 36.1 Å². The van der Waals surface area contributed by atoms with Gasteiger partial charge in [-0.2, -0.15) is 0 Å². The Morgan fingerprint density at radius 3 is 2.10 bits per heavy atom. The molecule has 2 N–H and O–H groups in total. The van der Waals surface area contributed by atoms with Crippen LogP contribution in [0.2, 0.25) is 0 Å². The van der Waals surface area contributed by atoms with Gasteiger partial charge in [0, 0.05) is 25.4 Å². The van der Waals surface area contributed by atoms with E-state index in [2.05, 4.69) is 0 Å². The summed E-state index contributed by atoms with van der Waals surface area (Å²) in [5.74, 6) is 0.741. The Bertz CT molecular complexity index is 835. The van der Waals surface area contributed by atoms with Gasteiger partial charge in [0.1, 0.15) is 4.93 Å². The molecule has 0 bridgehead atoms. The van der Waals surface area contributed by atoms with E-state index in [9.17, 15) is 9.90 Å². The van der Waals surface area contributed by atoms with Crippen LogP contribution in [0, 0.1) is 0 Å². The molecule has 0 radical (unpaired) electrons. The van der Waals surface area contributed by atoms with Crippen LogP contribution in [0.1, 0.15) is 36.8 Å². The third kappa shape index (κ3) is 4.36. The lowest BCUT2D eigenvalue weighted by Crippen LogP contribution is -2.48. The highest BCUT2D eigenvalue weighted by Gasteiger charge is 2.59. The predicted octanol–water partition coefficient (Wildman–Crippen LogP) is 3.85. The summed E-state index contributed by atoms with van der Waals surface area (Å²) in [5.41, 5.74) is 2.18. The van der Waals surface area contributed by atoms with Crippen molar-refractivity contribution in [2.24, 2.45) is 0 Å². The zero-order chi connectivity index (χ0) is 21.0. The number of unbranched alkanes of at least 4 members (excludes halogenated alkanes) is 2. The second-order valence-corrected chi connectivity index (χ2v) is 9.54. The molecule has 2 saturated heterocycles. The number of rotatable bonds is 9. The number of aliphatic hydroxyl groups excluding tert-OH is 1. The summed E-state index contributed by atoms with van der Waals surface area (Å²) in [6.07, 6.45) is 3.12. The van der Waals surface area contributed by atoms with Crippen molar-refractivity contribution in [3.05, 3.63) is 71.8 Å². The van der Waals surface area contributed by atoms with Crippen LogP contribution >= 0.6 is 11.8 Å². The summed E-state index contributed by atoms with van der Waals surface area (Å²) in [6, 6.07) is 19.9. The molecule has 2 aromatic carbocycles. The molecule has 3 atom stereocenters. The van der Waals surface area contributed by atoms with Gasteiger partial charge in [-0.05, 0) is 30.4 Å². The number of carbonyl (C=O) groups is 1. The average molecular weight is 427 g/mol. The first-order chi connectivity index (χ1) is 14.6. The molecule has 2 amide bonds. The van der Waals surface area contributed by atoms with E-state index in [1.807, 2.05) is 70.5 Å². The van der Waals surface area contributed by atoms with E-state index >= 15 is 0 Å². The summed E-state index contributed by atoms with van der Waals surface area (Å²) in [4.78, 5) is 16.4. The van der Waals surface area contributed by atoms with Crippen LogP contribution < -0.4 is 0 Å². The van der Waals surface area contributed by atoms with E-state index in [0.29, 0.717) is 19.5 Å². The third-order valence-electron chi connectivity index (χ3n) is 6.14. The van der Waals surface area contributed by atoms with Crippen molar-refractivity contribution < 1.29 is 15.0 Å². The van der Waals surface area contributed by atoms with Gasteiger partial charge < -0.3 is 20.0 Å². The molecule has 1 unspecified atom stereocenters. The molecule has 2 heterocycles. The van der Waals surface area contributed by atoms with Gasteiger partial charge in [-0.25, -0.2) is 4.79 Å². The van der Waals surface area contributed by atoms with Crippen molar-refractivity contribution in [3.63, 3.8) is 0 Å². The van der Waals surface area contributed by atoms with Crippen LogP contribution in [0.15, 0.2) is 60.7 Å². The average Bonchev–Trinajstić information content (AvgIpc) is 3.24. The maximum Gasteiger partial charge on any atom is 0.321 e. The third-order valence-corrected chi connectivity index (χ3v) is 7.60. The smallest absolute Gasteiger partial charge is 0.321 e. The highest BCUT2D eigenvalue weighted by molar-refractivity contribution is 8.00. The molecule has 160 valence electrons. The van der Waals surface area contributed by atoms with Crippen LogP contribution in [0.3, 0.4) is 0 Å². The van der Waals surface area contributed by atoms with Crippen molar-refractivity contribution in [2.45, 2.75) is 55.8 Å². The molecule has 2 aliphatic rings. The van der Waals surface area contributed by atoms with Crippen molar-refractivity contribution >= 4 is 17.8 Å². The topological polar surface area (TPSA) is 64.0 Å². The lowest BCUT2D eigenvalue weighted by atomic mass is 9.97. The molecular weight excluding hydrogens is 396 g/mol. The number of nitrogens with zero attached hydrogens (tertiary/aromatic N) is 2. The first-order valence-electron chi connectivity index (χ1n) is 10.7. The fraction of sp³-hybridized carbons (Fsp3) is 0.458. The largest absolute Gasteiger partial charge is 0.396 e. The van der Waals surface area contributed by atoms with Crippen LogP contribution in [0.4, 0.5) is 4.79 Å². The van der Waals surface area contributed by atoms with E-state index in [-0.39, 0.29) is 24.7 Å². The van der Waals surface area contributed by atoms with Crippen LogP contribution in [-0.2, 0) is 13.1 Å². The van der Waals surface area contributed by atoms with E-state index in [1.54, 1.807) is 11.8 Å². The minimum absolute atomic E-state index is 0.00531. The van der Waals surface area contributed by atoms with Gasteiger partial charge in [-0.15, -0.1) is 11.8 Å². The molecular formula is C24H30N2O3S. The van der Waals surface area contributed by atoms with Crippen LogP contribution in [0.5, 0.6) is 0 Å². The number of thioether (sulfide) groups is 1. The highest BCUT2D eigenvalue weighted by Crippen LogP contribution is 2.48. The van der Waals surface area contributed by atoms with Gasteiger partial charge in [0.25, 0.3) is 0 Å². The Morgan fingerprint density at radius 2 is 1.50 bits per heavy atom. The minimum atomic E-state index is -0.948. The summed E-state index contributed by atoms with van der Waals surface area (Å²) in [6.45, 7) is 1.25.